The molecule has 2 rings (SSSR count). The number of aromatic nitrogens is 1. The van der Waals surface area contributed by atoms with E-state index in [0.717, 1.165) is 11.3 Å². The Morgan fingerprint density at radius 2 is 2.16 bits per heavy atom. The summed E-state index contributed by atoms with van der Waals surface area (Å²) in [6.07, 6.45) is 1.69. The van der Waals surface area contributed by atoms with Gasteiger partial charge < -0.3 is 15.0 Å². The largest absolute Gasteiger partial charge is 0.496 e. The van der Waals surface area contributed by atoms with Gasteiger partial charge in [-0.1, -0.05) is 12.2 Å². The summed E-state index contributed by atoms with van der Waals surface area (Å²) in [6, 6.07) is 8.89. The average molecular weight is 274 g/mol. The SMILES string of the molecule is COc1ccc(NC(=O)c2ccc[nH]c2=S)cc1C. The molecule has 0 saturated heterocycles. The Morgan fingerprint density at radius 1 is 1.37 bits per heavy atom. The number of ether oxygens (including phenoxy) is 1. The van der Waals surface area contributed by atoms with Crippen molar-refractivity contribution >= 4 is 23.8 Å². The van der Waals surface area contributed by atoms with Crippen LogP contribution in [0.15, 0.2) is 36.5 Å². The number of aryl methyl sites for hydroxylation is 1. The van der Waals surface area contributed by atoms with Crippen LogP contribution in [-0.4, -0.2) is 18.0 Å². The van der Waals surface area contributed by atoms with Crippen molar-refractivity contribution in [2.24, 2.45) is 0 Å². The predicted molar refractivity (Wildman–Crippen MR) is 77.3 cm³/mol. The van der Waals surface area contributed by atoms with E-state index in [1.54, 1.807) is 31.5 Å². The number of methoxy groups -OCH3 is 1. The van der Waals surface area contributed by atoms with Crippen molar-refractivity contribution in [3.8, 4) is 5.75 Å². The minimum Gasteiger partial charge on any atom is -0.496 e. The Bertz CT molecular complexity index is 664. The van der Waals surface area contributed by atoms with Crippen LogP contribution in [0, 0.1) is 11.6 Å². The second-order valence-electron chi connectivity index (χ2n) is 4.05. The number of carbonyl (C=O) groups excluding carboxylic acids is 1. The van der Waals surface area contributed by atoms with Crippen LogP contribution in [0.3, 0.4) is 0 Å². The van der Waals surface area contributed by atoms with Gasteiger partial charge >= 0.3 is 0 Å². The quantitative estimate of drug-likeness (QED) is 0.844. The smallest absolute Gasteiger partial charge is 0.258 e. The lowest BCUT2D eigenvalue weighted by atomic mass is 10.2. The molecule has 98 valence electrons. The summed E-state index contributed by atoms with van der Waals surface area (Å²) >= 11 is 5.07. The van der Waals surface area contributed by atoms with Crippen LogP contribution in [0.1, 0.15) is 15.9 Å². The van der Waals surface area contributed by atoms with Crippen molar-refractivity contribution in [2.75, 3.05) is 12.4 Å². The van der Waals surface area contributed by atoms with Gasteiger partial charge in [-0.05, 0) is 42.8 Å². The number of benzene rings is 1. The third-order valence-corrected chi connectivity index (χ3v) is 3.05. The number of carbonyl (C=O) groups is 1. The molecule has 1 aromatic heterocycles. The summed E-state index contributed by atoms with van der Waals surface area (Å²) in [5.74, 6) is 0.557. The van der Waals surface area contributed by atoms with E-state index in [4.69, 9.17) is 17.0 Å². The standard InChI is InChI=1S/C14H14N2O2S/c1-9-8-10(5-6-12(9)18-2)16-13(17)11-4-3-7-15-14(11)19/h3-8H,1-2H3,(H,15,19)(H,16,17). The molecule has 0 radical (unpaired) electrons. The topological polar surface area (TPSA) is 54.1 Å². The molecule has 1 heterocycles. The average Bonchev–Trinajstić information content (AvgIpc) is 2.39. The maximum Gasteiger partial charge on any atom is 0.258 e. The third kappa shape index (κ3) is 3.00. The summed E-state index contributed by atoms with van der Waals surface area (Å²) in [5.41, 5.74) is 2.12. The van der Waals surface area contributed by atoms with E-state index in [2.05, 4.69) is 10.3 Å². The zero-order chi connectivity index (χ0) is 13.8. The maximum atomic E-state index is 12.1. The van der Waals surface area contributed by atoms with Crippen LogP contribution in [0.25, 0.3) is 0 Å². The Morgan fingerprint density at radius 3 is 2.79 bits per heavy atom. The van der Waals surface area contributed by atoms with E-state index in [0.29, 0.717) is 15.9 Å². The molecular formula is C14H14N2O2S. The van der Waals surface area contributed by atoms with E-state index in [9.17, 15) is 4.79 Å². The van der Waals surface area contributed by atoms with Crippen LogP contribution in [-0.2, 0) is 0 Å². The van der Waals surface area contributed by atoms with E-state index in [-0.39, 0.29) is 5.91 Å². The molecule has 0 aliphatic heterocycles. The normalized spacial score (nSPS) is 10.0. The van der Waals surface area contributed by atoms with Gasteiger partial charge in [0.15, 0.2) is 0 Å². The molecule has 19 heavy (non-hydrogen) atoms. The zero-order valence-corrected chi connectivity index (χ0v) is 11.5. The maximum absolute atomic E-state index is 12.1. The van der Waals surface area contributed by atoms with Crippen LogP contribution < -0.4 is 10.1 Å². The van der Waals surface area contributed by atoms with Crippen molar-refractivity contribution in [3.63, 3.8) is 0 Å². The summed E-state index contributed by atoms with van der Waals surface area (Å²) < 4.78 is 5.60. The lowest BCUT2D eigenvalue weighted by Crippen LogP contribution is -2.12. The molecule has 0 bridgehead atoms. The highest BCUT2D eigenvalue weighted by Crippen LogP contribution is 2.21. The first-order valence-electron chi connectivity index (χ1n) is 5.75. The van der Waals surface area contributed by atoms with Gasteiger partial charge in [-0.25, -0.2) is 0 Å². The van der Waals surface area contributed by atoms with Gasteiger partial charge in [-0.2, -0.15) is 0 Å². The highest BCUT2D eigenvalue weighted by molar-refractivity contribution is 7.71. The summed E-state index contributed by atoms with van der Waals surface area (Å²) in [4.78, 5) is 14.9. The highest BCUT2D eigenvalue weighted by atomic mass is 32.1. The van der Waals surface area contributed by atoms with Crippen LogP contribution in [0.5, 0.6) is 5.75 Å². The van der Waals surface area contributed by atoms with Gasteiger partial charge in [0.1, 0.15) is 10.4 Å². The van der Waals surface area contributed by atoms with Gasteiger partial charge in [-0.15, -0.1) is 0 Å². The van der Waals surface area contributed by atoms with E-state index >= 15 is 0 Å². The lowest BCUT2D eigenvalue weighted by Gasteiger charge is -2.09. The Hall–Kier alpha value is -2.14. The molecule has 0 unspecified atom stereocenters. The first-order valence-corrected chi connectivity index (χ1v) is 6.16. The van der Waals surface area contributed by atoms with Crippen molar-refractivity contribution in [3.05, 3.63) is 52.3 Å². The van der Waals surface area contributed by atoms with E-state index < -0.39 is 0 Å². The number of anilines is 1. The molecule has 0 aliphatic carbocycles. The van der Waals surface area contributed by atoms with Gasteiger partial charge in [-0.3, -0.25) is 4.79 Å². The fourth-order valence-electron chi connectivity index (χ4n) is 1.75. The minimum atomic E-state index is -0.230. The molecule has 0 spiro atoms. The molecular weight excluding hydrogens is 260 g/mol. The number of aromatic amines is 1. The first-order chi connectivity index (χ1) is 9.11. The fraction of sp³-hybridized carbons (Fsp3) is 0.143. The Balaban J connectivity index is 2.22. The van der Waals surface area contributed by atoms with Crippen molar-refractivity contribution in [2.45, 2.75) is 6.92 Å². The number of H-pyrrole nitrogens is 1. The lowest BCUT2D eigenvalue weighted by molar-refractivity contribution is 0.102. The Kier molecular flexibility index (Phi) is 3.97. The summed E-state index contributed by atoms with van der Waals surface area (Å²) in [5, 5.41) is 2.81. The fourth-order valence-corrected chi connectivity index (χ4v) is 1.98. The summed E-state index contributed by atoms with van der Waals surface area (Å²) in [7, 11) is 1.61. The number of hydrogen-bond donors (Lipinski definition) is 2. The highest BCUT2D eigenvalue weighted by Gasteiger charge is 2.08. The van der Waals surface area contributed by atoms with Crippen LogP contribution in [0.2, 0.25) is 0 Å². The molecule has 0 fully saturated rings. The van der Waals surface area contributed by atoms with Gasteiger partial charge in [0, 0.05) is 11.9 Å². The molecule has 2 aromatic rings. The van der Waals surface area contributed by atoms with E-state index in [1.165, 1.54) is 0 Å². The summed E-state index contributed by atoms with van der Waals surface area (Å²) in [6.45, 7) is 1.92. The molecule has 5 heteroatoms. The number of hydrogen-bond acceptors (Lipinski definition) is 3. The number of amides is 1. The molecule has 0 atom stereocenters. The second-order valence-corrected chi connectivity index (χ2v) is 4.46. The number of rotatable bonds is 3. The van der Waals surface area contributed by atoms with Crippen LogP contribution >= 0.6 is 12.2 Å². The van der Waals surface area contributed by atoms with E-state index in [1.807, 2.05) is 19.1 Å². The predicted octanol–water partition coefficient (Wildman–Crippen LogP) is 3.31. The second kappa shape index (κ2) is 5.67. The Labute approximate surface area is 116 Å². The molecule has 0 saturated carbocycles. The molecule has 1 amide bonds. The molecule has 4 nitrogen and oxygen atoms in total. The number of pyridine rings is 1. The molecule has 1 aromatic carbocycles. The monoisotopic (exact) mass is 274 g/mol. The van der Waals surface area contributed by atoms with Crippen molar-refractivity contribution < 1.29 is 9.53 Å². The first kappa shape index (κ1) is 13.3. The van der Waals surface area contributed by atoms with Crippen molar-refractivity contribution in [1.29, 1.82) is 0 Å². The van der Waals surface area contributed by atoms with Crippen molar-refractivity contribution in [1.82, 2.24) is 4.98 Å². The van der Waals surface area contributed by atoms with Crippen LogP contribution in [0.4, 0.5) is 5.69 Å². The van der Waals surface area contributed by atoms with Gasteiger partial charge in [0.25, 0.3) is 5.91 Å². The molecule has 2 N–H and O–H groups in total. The van der Waals surface area contributed by atoms with Gasteiger partial charge in [0.2, 0.25) is 0 Å². The third-order valence-electron chi connectivity index (χ3n) is 2.72. The van der Waals surface area contributed by atoms with Gasteiger partial charge in [0.05, 0.1) is 12.7 Å². The molecule has 0 aliphatic rings. The number of nitrogens with one attached hydrogen (secondary N) is 2. The minimum absolute atomic E-state index is 0.230. The zero-order valence-electron chi connectivity index (χ0n) is 10.7.